The standard InChI is InChI=1S/C9H6N2O4/c1-5(12)7-3-2-6(4-10)9(13)8(7)11(14)15/h2-3,13H,1H3. The van der Waals surface area contributed by atoms with Gasteiger partial charge in [0, 0.05) is 0 Å². The van der Waals surface area contributed by atoms with Crippen LogP contribution in [-0.2, 0) is 0 Å². The SMILES string of the molecule is CC(=O)c1ccc(C#N)c(O)c1[N+](=O)[O-]. The number of hydrogen-bond acceptors (Lipinski definition) is 5. The lowest BCUT2D eigenvalue weighted by Crippen LogP contribution is -2.01. The summed E-state index contributed by atoms with van der Waals surface area (Å²) in [7, 11) is 0. The zero-order valence-electron chi connectivity index (χ0n) is 7.72. The van der Waals surface area contributed by atoms with E-state index in [1.165, 1.54) is 6.07 Å². The zero-order valence-corrected chi connectivity index (χ0v) is 7.72. The lowest BCUT2D eigenvalue weighted by molar-refractivity contribution is -0.386. The van der Waals surface area contributed by atoms with Crippen molar-refractivity contribution in [1.82, 2.24) is 0 Å². The number of carbonyl (C=O) groups excluding carboxylic acids is 1. The number of nitro groups is 1. The van der Waals surface area contributed by atoms with Gasteiger partial charge in [-0.3, -0.25) is 14.9 Å². The van der Waals surface area contributed by atoms with Gasteiger partial charge in [0.15, 0.2) is 5.78 Å². The molecule has 0 aliphatic carbocycles. The third-order valence-corrected chi connectivity index (χ3v) is 1.83. The Morgan fingerprint density at radius 1 is 1.60 bits per heavy atom. The summed E-state index contributed by atoms with van der Waals surface area (Å²) in [6.07, 6.45) is 0. The summed E-state index contributed by atoms with van der Waals surface area (Å²) < 4.78 is 0. The molecule has 6 nitrogen and oxygen atoms in total. The molecule has 0 atom stereocenters. The molecule has 0 saturated heterocycles. The van der Waals surface area contributed by atoms with Crippen molar-refractivity contribution >= 4 is 11.5 Å². The van der Waals surface area contributed by atoms with Crippen LogP contribution in [-0.4, -0.2) is 15.8 Å². The van der Waals surface area contributed by atoms with E-state index in [-0.39, 0.29) is 11.1 Å². The highest BCUT2D eigenvalue weighted by atomic mass is 16.6. The van der Waals surface area contributed by atoms with Gasteiger partial charge in [-0.15, -0.1) is 0 Å². The molecule has 6 heteroatoms. The average Bonchev–Trinajstić information content (AvgIpc) is 2.16. The van der Waals surface area contributed by atoms with Crippen molar-refractivity contribution in [2.75, 3.05) is 0 Å². The van der Waals surface area contributed by atoms with E-state index < -0.39 is 22.1 Å². The number of rotatable bonds is 2. The first kappa shape index (κ1) is 10.7. The molecule has 0 fully saturated rings. The maximum absolute atomic E-state index is 11.0. The van der Waals surface area contributed by atoms with Crippen LogP contribution in [0.5, 0.6) is 5.75 Å². The van der Waals surface area contributed by atoms with E-state index in [0.717, 1.165) is 13.0 Å². The van der Waals surface area contributed by atoms with Crippen LogP contribution in [0.3, 0.4) is 0 Å². The van der Waals surface area contributed by atoms with E-state index >= 15 is 0 Å². The fraction of sp³-hybridized carbons (Fsp3) is 0.111. The first-order chi connectivity index (χ1) is 6.99. The highest BCUT2D eigenvalue weighted by molar-refractivity contribution is 5.99. The molecule has 1 N–H and O–H groups in total. The van der Waals surface area contributed by atoms with Gasteiger partial charge in [0.2, 0.25) is 5.75 Å². The summed E-state index contributed by atoms with van der Waals surface area (Å²) in [5.74, 6) is -1.31. The smallest absolute Gasteiger partial charge is 0.322 e. The van der Waals surface area contributed by atoms with E-state index in [1.54, 1.807) is 6.07 Å². The minimum atomic E-state index is -0.882. The van der Waals surface area contributed by atoms with Crippen molar-refractivity contribution in [2.24, 2.45) is 0 Å². The van der Waals surface area contributed by atoms with Crippen LogP contribution >= 0.6 is 0 Å². The molecular weight excluding hydrogens is 200 g/mol. The molecule has 1 aromatic carbocycles. The van der Waals surface area contributed by atoms with Crippen molar-refractivity contribution in [2.45, 2.75) is 6.92 Å². The number of hydrogen-bond donors (Lipinski definition) is 1. The summed E-state index contributed by atoms with van der Waals surface area (Å²) in [6.45, 7) is 1.15. The van der Waals surface area contributed by atoms with Crippen molar-refractivity contribution in [3.05, 3.63) is 33.4 Å². The monoisotopic (exact) mass is 206 g/mol. The molecule has 1 rings (SSSR count). The molecule has 1 aromatic rings. The van der Waals surface area contributed by atoms with Crippen LogP contribution < -0.4 is 0 Å². The second kappa shape index (κ2) is 3.75. The Bertz CT molecular complexity index is 488. The van der Waals surface area contributed by atoms with E-state index in [2.05, 4.69) is 0 Å². The Morgan fingerprint density at radius 2 is 2.20 bits per heavy atom. The van der Waals surface area contributed by atoms with Crippen molar-refractivity contribution in [1.29, 1.82) is 5.26 Å². The molecule has 0 aliphatic rings. The normalized spacial score (nSPS) is 9.33. The van der Waals surface area contributed by atoms with E-state index in [9.17, 15) is 20.0 Å². The summed E-state index contributed by atoms with van der Waals surface area (Å²) in [5, 5.41) is 28.5. The number of Topliss-reactive ketones (excluding diaryl/α,β-unsaturated/α-hetero) is 1. The lowest BCUT2D eigenvalue weighted by atomic mass is 10.1. The maximum atomic E-state index is 11.0. The predicted octanol–water partition coefficient (Wildman–Crippen LogP) is 1.37. The van der Waals surface area contributed by atoms with Gasteiger partial charge in [0.1, 0.15) is 11.6 Å². The lowest BCUT2D eigenvalue weighted by Gasteiger charge is -2.01. The van der Waals surface area contributed by atoms with Crippen molar-refractivity contribution in [3.8, 4) is 11.8 Å². The van der Waals surface area contributed by atoms with Crippen LogP contribution in [0.1, 0.15) is 22.8 Å². The van der Waals surface area contributed by atoms with E-state index in [0.29, 0.717) is 0 Å². The highest BCUT2D eigenvalue weighted by Gasteiger charge is 2.25. The third-order valence-electron chi connectivity index (χ3n) is 1.83. The molecule has 0 spiro atoms. The Kier molecular flexibility index (Phi) is 2.67. The maximum Gasteiger partial charge on any atom is 0.322 e. The molecule has 0 bridgehead atoms. The molecule has 0 heterocycles. The van der Waals surface area contributed by atoms with Crippen LogP contribution in [0, 0.1) is 21.4 Å². The van der Waals surface area contributed by atoms with Gasteiger partial charge in [0.25, 0.3) is 0 Å². The third kappa shape index (κ3) is 1.76. The van der Waals surface area contributed by atoms with Gasteiger partial charge in [0.05, 0.1) is 10.5 Å². The molecule has 0 aromatic heterocycles. The van der Waals surface area contributed by atoms with E-state index in [1.807, 2.05) is 0 Å². The van der Waals surface area contributed by atoms with Crippen LogP contribution in [0.4, 0.5) is 5.69 Å². The first-order valence-corrected chi connectivity index (χ1v) is 3.90. The number of nitro benzene ring substituents is 1. The van der Waals surface area contributed by atoms with Gasteiger partial charge < -0.3 is 5.11 Å². The number of nitriles is 1. The van der Waals surface area contributed by atoms with E-state index in [4.69, 9.17) is 5.26 Å². The number of aromatic hydroxyl groups is 1. The second-order valence-electron chi connectivity index (χ2n) is 2.78. The highest BCUT2D eigenvalue weighted by Crippen LogP contribution is 2.33. The Labute approximate surface area is 84.5 Å². The fourth-order valence-corrected chi connectivity index (χ4v) is 1.14. The topological polar surface area (TPSA) is 104 Å². The van der Waals surface area contributed by atoms with Gasteiger partial charge in [-0.05, 0) is 19.1 Å². The number of benzene rings is 1. The molecule has 0 saturated carbocycles. The minimum Gasteiger partial charge on any atom is -0.501 e. The Hall–Kier alpha value is -2.42. The minimum absolute atomic E-state index is 0.212. The molecule has 0 unspecified atom stereocenters. The van der Waals surface area contributed by atoms with Crippen molar-refractivity contribution < 1.29 is 14.8 Å². The summed E-state index contributed by atoms with van der Waals surface area (Å²) >= 11 is 0. The zero-order chi connectivity index (χ0) is 11.6. The van der Waals surface area contributed by atoms with Gasteiger partial charge in [-0.1, -0.05) is 0 Å². The van der Waals surface area contributed by atoms with Crippen molar-refractivity contribution in [3.63, 3.8) is 0 Å². The van der Waals surface area contributed by atoms with Gasteiger partial charge in [-0.25, -0.2) is 0 Å². The number of nitrogens with zero attached hydrogens (tertiary/aromatic N) is 2. The Balaban J connectivity index is 3.60. The number of carbonyl (C=O) groups is 1. The number of phenols is 1. The number of ketones is 1. The Morgan fingerprint density at radius 3 is 2.60 bits per heavy atom. The molecule has 0 amide bonds. The largest absolute Gasteiger partial charge is 0.501 e. The molecule has 0 radical (unpaired) electrons. The predicted molar refractivity (Wildman–Crippen MR) is 49.5 cm³/mol. The number of phenolic OH excluding ortho intramolecular Hbond substituents is 1. The summed E-state index contributed by atoms with van der Waals surface area (Å²) in [4.78, 5) is 20.7. The van der Waals surface area contributed by atoms with Gasteiger partial charge in [-0.2, -0.15) is 5.26 Å². The molecule has 15 heavy (non-hydrogen) atoms. The fourth-order valence-electron chi connectivity index (χ4n) is 1.14. The van der Waals surface area contributed by atoms with Crippen LogP contribution in [0.2, 0.25) is 0 Å². The molecule has 76 valence electrons. The van der Waals surface area contributed by atoms with Gasteiger partial charge >= 0.3 is 5.69 Å². The average molecular weight is 206 g/mol. The summed E-state index contributed by atoms with van der Waals surface area (Å²) in [5.41, 5.74) is -1.16. The quantitative estimate of drug-likeness (QED) is 0.447. The molecular formula is C9H6N2O4. The van der Waals surface area contributed by atoms with Crippen LogP contribution in [0.25, 0.3) is 0 Å². The summed E-state index contributed by atoms with van der Waals surface area (Å²) in [6, 6.07) is 3.91. The first-order valence-electron chi connectivity index (χ1n) is 3.90. The second-order valence-corrected chi connectivity index (χ2v) is 2.78. The van der Waals surface area contributed by atoms with Crippen LogP contribution in [0.15, 0.2) is 12.1 Å². The molecule has 0 aliphatic heterocycles.